The summed E-state index contributed by atoms with van der Waals surface area (Å²) in [5.74, 6) is -0.563. The summed E-state index contributed by atoms with van der Waals surface area (Å²) in [6.45, 7) is 0.789. The van der Waals surface area contributed by atoms with Gasteiger partial charge in [0, 0.05) is 25.8 Å². The summed E-state index contributed by atoms with van der Waals surface area (Å²) < 4.78 is 50.6. The number of alkyl halides is 3. The van der Waals surface area contributed by atoms with E-state index in [4.69, 9.17) is 0 Å². The lowest BCUT2D eigenvalue weighted by Crippen LogP contribution is -2.27. The van der Waals surface area contributed by atoms with Gasteiger partial charge in [-0.3, -0.25) is 0 Å². The van der Waals surface area contributed by atoms with Gasteiger partial charge in [0.15, 0.2) is 0 Å². The minimum Gasteiger partial charge on any atom is -0.387 e. The van der Waals surface area contributed by atoms with Crippen LogP contribution in [0.1, 0.15) is 17.4 Å². The molecule has 5 nitrogen and oxygen atoms in total. The molecule has 0 amide bonds. The standard InChI is InChI=1S/C15H16F4N4O/c16-11-3-1-2-10(8-11)12(24)9-20-6-7-22-14-21-5-4-13(23-14)15(17,18)19/h1-5,8,12,20,24H,6-7,9H2,(H,21,22,23). The molecule has 2 aromatic rings. The van der Waals surface area contributed by atoms with Crippen LogP contribution in [0.5, 0.6) is 0 Å². The topological polar surface area (TPSA) is 70.1 Å². The average molecular weight is 344 g/mol. The SMILES string of the molecule is OC(CNCCNc1nccc(C(F)(F)F)n1)c1cccc(F)c1. The highest BCUT2D eigenvalue weighted by atomic mass is 19.4. The molecule has 9 heteroatoms. The molecule has 0 bridgehead atoms. The number of aliphatic hydroxyl groups excluding tert-OH is 1. The van der Waals surface area contributed by atoms with Gasteiger partial charge >= 0.3 is 6.18 Å². The van der Waals surface area contributed by atoms with Gasteiger partial charge in [0.1, 0.15) is 11.5 Å². The molecule has 0 spiro atoms. The maximum absolute atomic E-state index is 13.0. The van der Waals surface area contributed by atoms with E-state index in [9.17, 15) is 22.7 Å². The van der Waals surface area contributed by atoms with E-state index in [1.807, 2.05) is 0 Å². The van der Waals surface area contributed by atoms with Crippen LogP contribution in [0.25, 0.3) is 0 Å². The van der Waals surface area contributed by atoms with Crippen molar-refractivity contribution in [2.24, 2.45) is 0 Å². The van der Waals surface area contributed by atoms with Crippen molar-refractivity contribution in [2.75, 3.05) is 25.0 Å². The third-order valence-corrected chi connectivity index (χ3v) is 3.10. The summed E-state index contributed by atoms with van der Waals surface area (Å²) in [6.07, 6.45) is -4.38. The van der Waals surface area contributed by atoms with E-state index in [0.29, 0.717) is 12.1 Å². The second-order valence-electron chi connectivity index (χ2n) is 4.96. The fraction of sp³-hybridized carbons (Fsp3) is 0.333. The predicted octanol–water partition coefficient (Wildman–Crippen LogP) is 2.37. The number of rotatable bonds is 7. The van der Waals surface area contributed by atoms with Crippen molar-refractivity contribution in [3.05, 3.63) is 53.6 Å². The number of nitrogens with zero attached hydrogens (tertiary/aromatic N) is 2. The zero-order valence-electron chi connectivity index (χ0n) is 12.5. The summed E-state index contributed by atoms with van der Waals surface area (Å²) in [6, 6.07) is 6.41. The molecule has 1 aromatic heterocycles. The van der Waals surface area contributed by atoms with Crippen LogP contribution in [-0.2, 0) is 6.18 Å². The second kappa shape index (κ2) is 8.02. The fourth-order valence-corrected chi connectivity index (χ4v) is 1.93. The molecule has 0 aliphatic heterocycles. The molecular formula is C15H16F4N4O. The Kier molecular flexibility index (Phi) is 6.04. The Bertz CT molecular complexity index is 666. The molecule has 1 atom stereocenters. The van der Waals surface area contributed by atoms with Gasteiger partial charge in [0.2, 0.25) is 5.95 Å². The fourth-order valence-electron chi connectivity index (χ4n) is 1.93. The number of halogens is 4. The van der Waals surface area contributed by atoms with Crippen LogP contribution < -0.4 is 10.6 Å². The highest BCUT2D eigenvalue weighted by molar-refractivity contribution is 5.26. The highest BCUT2D eigenvalue weighted by Gasteiger charge is 2.32. The van der Waals surface area contributed by atoms with Crippen molar-refractivity contribution in [2.45, 2.75) is 12.3 Å². The number of hydrogen-bond donors (Lipinski definition) is 3. The predicted molar refractivity (Wildman–Crippen MR) is 79.8 cm³/mol. The van der Waals surface area contributed by atoms with E-state index in [0.717, 1.165) is 12.3 Å². The Morgan fingerprint density at radius 1 is 1.17 bits per heavy atom. The smallest absolute Gasteiger partial charge is 0.387 e. The van der Waals surface area contributed by atoms with E-state index in [1.54, 1.807) is 6.07 Å². The first-order valence-corrected chi connectivity index (χ1v) is 7.14. The van der Waals surface area contributed by atoms with E-state index in [-0.39, 0.29) is 19.0 Å². The van der Waals surface area contributed by atoms with Crippen molar-refractivity contribution in [3.8, 4) is 0 Å². The van der Waals surface area contributed by atoms with Gasteiger partial charge < -0.3 is 15.7 Å². The van der Waals surface area contributed by atoms with Crippen LogP contribution in [0.3, 0.4) is 0 Å². The van der Waals surface area contributed by atoms with Crippen LogP contribution in [0.2, 0.25) is 0 Å². The minimum absolute atomic E-state index is 0.127. The molecule has 0 saturated heterocycles. The van der Waals surface area contributed by atoms with Crippen molar-refractivity contribution in [1.82, 2.24) is 15.3 Å². The zero-order chi connectivity index (χ0) is 17.6. The molecule has 1 aromatic carbocycles. The molecule has 2 rings (SSSR count). The first-order valence-electron chi connectivity index (χ1n) is 7.14. The quantitative estimate of drug-likeness (QED) is 0.531. The molecule has 0 saturated carbocycles. The normalized spacial score (nSPS) is 12.9. The first kappa shape index (κ1) is 18.1. The van der Waals surface area contributed by atoms with Crippen LogP contribution in [0.4, 0.5) is 23.5 Å². The van der Waals surface area contributed by atoms with Gasteiger partial charge in [-0.05, 0) is 23.8 Å². The lowest BCUT2D eigenvalue weighted by Gasteiger charge is -2.13. The molecule has 0 fully saturated rings. The first-order chi connectivity index (χ1) is 11.4. The maximum atomic E-state index is 13.0. The third-order valence-electron chi connectivity index (χ3n) is 3.10. The van der Waals surface area contributed by atoms with Gasteiger partial charge in [0.05, 0.1) is 6.10 Å². The Balaban J connectivity index is 1.73. The molecule has 3 N–H and O–H groups in total. The Morgan fingerprint density at radius 3 is 2.67 bits per heavy atom. The molecule has 130 valence electrons. The van der Waals surface area contributed by atoms with E-state index < -0.39 is 23.8 Å². The summed E-state index contributed by atoms with van der Waals surface area (Å²) in [4.78, 5) is 7.07. The Labute approximate surface area is 135 Å². The Hall–Kier alpha value is -2.26. The summed E-state index contributed by atoms with van der Waals surface area (Å²) in [5.41, 5.74) is -0.578. The van der Waals surface area contributed by atoms with Gasteiger partial charge in [-0.15, -0.1) is 0 Å². The van der Waals surface area contributed by atoms with Gasteiger partial charge in [-0.25, -0.2) is 14.4 Å². The third kappa shape index (κ3) is 5.43. The molecule has 0 aliphatic carbocycles. The zero-order valence-corrected chi connectivity index (χ0v) is 12.5. The number of nitrogens with one attached hydrogen (secondary N) is 2. The van der Waals surface area contributed by atoms with Crippen LogP contribution in [0, 0.1) is 5.82 Å². The van der Waals surface area contributed by atoms with E-state index in [2.05, 4.69) is 20.6 Å². The summed E-state index contributed by atoms with van der Waals surface area (Å²) >= 11 is 0. The molecule has 24 heavy (non-hydrogen) atoms. The molecule has 0 aliphatic rings. The van der Waals surface area contributed by atoms with Crippen molar-refractivity contribution in [3.63, 3.8) is 0 Å². The molecule has 0 radical (unpaired) electrons. The molecule has 1 unspecified atom stereocenters. The molecule has 1 heterocycles. The van der Waals surface area contributed by atoms with Crippen LogP contribution >= 0.6 is 0 Å². The van der Waals surface area contributed by atoms with Crippen LogP contribution in [0.15, 0.2) is 36.5 Å². The lowest BCUT2D eigenvalue weighted by molar-refractivity contribution is -0.141. The van der Waals surface area contributed by atoms with Gasteiger partial charge in [0.25, 0.3) is 0 Å². The lowest BCUT2D eigenvalue weighted by atomic mass is 10.1. The number of aromatic nitrogens is 2. The number of benzene rings is 1. The summed E-state index contributed by atoms with van der Waals surface area (Å²) in [5, 5.41) is 15.4. The van der Waals surface area contributed by atoms with E-state index >= 15 is 0 Å². The number of aliphatic hydroxyl groups is 1. The summed E-state index contributed by atoms with van der Waals surface area (Å²) in [7, 11) is 0. The molecular weight excluding hydrogens is 328 g/mol. The van der Waals surface area contributed by atoms with Crippen molar-refractivity contribution >= 4 is 5.95 Å². The Morgan fingerprint density at radius 2 is 1.96 bits per heavy atom. The van der Waals surface area contributed by atoms with Crippen LogP contribution in [-0.4, -0.2) is 34.7 Å². The maximum Gasteiger partial charge on any atom is 0.433 e. The average Bonchev–Trinajstić information content (AvgIpc) is 2.54. The number of hydrogen-bond acceptors (Lipinski definition) is 5. The minimum atomic E-state index is -4.52. The van der Waals surface area contributed by atoms with E-state index in [1.165, 1.54) is 18.2 Å². The monoisotopic (exact) mass is 344 g/mol. The van der Waals surface area contributed by atoms with Crippen molar-refractivity contribution in [1.29, 1.82) is 0 Å². The van der Waals surface area contributed by atoms with Crippen molar-refractivity contribution < 1.29 is 22.7 Å². The highest BCUT2D eigenvalue weighted by Crippen LogP contribution is 2.27. The number of anilines is 1. The largest absolute Gasteiger partial charge is 0.433 e. The van der Waals surface area contributed by atoms with Gasteiger partial charge in [-0.2, -0.15) is 13.2 Å². The second-order valence-corrected chi connectivity index (χ2v) is 4.96. The van der Waals surface area contributed by atoms with Gasteiger partial charge in [-0.1, -0.05) is 12.1 Å².